The van der Waals surface area contributed by atoms with Crippen LogP contribution in [0.1, 0.15) is 18.7 Å². The minimum atomic E-state index is 0.267. The van der Waals surface area contributed by atoms with Gasteiger partial charge in [-0.05, 0) is 37.9 Å². The van der Waals surface area contributed by atoms with Gasteiger partial charge in [-0.15, -0.1) is 10.2 Å². The van der Waals surface area contributed by atoms with Crippen molar-refractivity contribution in [2.24, 2.45) is 7.05 Å². The first kappa shape index (κ1) is 12.1. The number of rotatable bonds is 4. The second-order valence-electron chi connectivity index (χ2n) is 3.76. The molecular weight excluding hydrogens is 234 g/mol. The van der Waals surface area contributed by atoms with Gasteiger partial charge < -0.3 is 9.88 Å². The molecule has 0 aromatic carbocycles. The van der Waals surface area contributed by atoms with Gasteiger partial charge in [-0.25, -0.2) is 0 Å². The molecule has 17 heavy (non-hydrogen) atoms. The molecule has 2 aromatic heterocycles. The number of nitrogens with zero attached hydrogens (tertiary/aromatic N) is 4. The van der Waals surface area contributed by atoms with Crippen LogP contribution in [0.25, 0.3) is 0 Å². The molecule has 0 radical (unpaired) electrons. The molecule has 1 N–H and O–H groups in total. The van der Waals surface area contributed by atoms with Crippen LogP contribution in [0.3, 0.4) is 0 Å². The van der Waals surface area contributed by atoms with E-state index in [0.717, 1.165) is 15.7 Å². The Balaban J connectivity index is 2.11. The number of nitrogens with one attached hydrogen (secondary N) is 1. The molecule has 2 aromatic rings. The van der Waals surface area contributed by atoms with Crippen LogP contribution in [-0.2, 0) is 7.05 Å². The Morgan fingerprint density at radius 1 is 1.41 bits per heavy atom. The minimum Gasteiger partial charge on any atom is -0.312 e. The third-order valence-electron chi connectivity index (χ3n) is 2.51. The van der Waals surface area contributed by atoms with Crippen molar-refractivity contribution in [1.82, 2.24) is 25.1 Å². The fourth-order valence-corrected chi connectivity index (χ4v) is 2.06. The summed E-state index contributed by atoms with van der Waals surface area (Å²) in [5.41, 5.74) is 1.04. The fourth-order valence-electron chi connectivity index (χ4n) is 1.33. The topological polar surface area (TPSA) is 55.6 Å². The predicted molar refractivity (Wildman–Crippen MR) is 66.8 cm³/mol. The van der Waals surface area contributed by atoms with Gasteiger partial charge in [0.2, 0.25) is 0 Å². The van der Waals surface area contributed by atoms with Gasteiger partial charge in [-0.1, -0.05) is 0 Å². The molecule has 90 valence electrons. The van der Waals surface area contributed by atoms with E-state index in [1.807, 2.05) is 30.9 Å². The van der Waals surface area contributed by atoms with Crippen LogP contribution in [0, 0.1) is 0 Å². The zero-order chi connectivity index (χ0) is 12.3. The zero-order valence-corrected chi connectivity index (χ0v) is 10.9. The van der Waals surface area contributed by atoms with Gasteiger partial charge in [0, 0.05) is 24.2 Å². The zero-order valence-electron chi connectivity index (χ0n) is 10.1. The monoisotopic (exact) mass is 249 g/mol. The molecule has 0 bridgehead atoms. The van der Waals surface area contributed by atoms with Crippen molar-refractivity contribution in [2.45, 2.75) is 23.0 Å². The lowest BCUT2D eigenvalue weighted by atomic mass is 10.2. The Bertz CT molecular complexity index is 479. The van der Waals surface area contributed by atoms with E-state index in [1.165, 1.54) is 0 Å². The van der Waals surface area contributed by atoms with Crippen LogP contribution >= 0.6 is 11.8 Å². The van der Waals surface area contributed by atoms with Gasteiger partial charge in [-0.2, -0.15) is 0 Å². The Kier molecular flexibility index (Phi) is 3.75. The van der Waals surface area contributed by atoms with Crippen LogP contribution in [0.2, 0.25) is 0 Å². The van der Waals surface area contributed by atoms with Crippen LogP contribution in [0.5, 0.6) is 0 Å². The highest BCUT2D eigenvalue weighted by atomic mass is 32.2. The first-order valence-electron chi connectivity index (χ1n) is 5.35. The SMILES string of the molecule is CNC(C)c1ccc(Sc2nncn2C)cn1. The van der Waals surface area contributed by atoms with Crippen molar-refractivity contribution in [3.05, 3.63) is 30.4 Å². The molecular formula is C11H15N5S. The van der Waals surface area contributed by atoms with Crippen LogP contribution < -0.4 is 5.32 Å². The quantitative estimate of drug-likeness (QED) is 0.892. The summed E-state index contributed by atoms with van der Waals surface area (Å²) in [6, 6.07) is 4.35. The molecule has 0 aliphatic heterocycles. The minimum absolute atomic E-state index is 0.267. The summed E-state index contributed by atoms with van der Waals surface area (Å²) >= 11 is 1.56. The summed E-state index contributed by atoms with van der Waals surface area (Å²) in [7, 11) is 3.85. The van der Waals surface area contributed by atoms with E-state index >= 15 is 0 Å². The lowest BCUT2D eigenvalue weighted by Crippen LogP contribution is -2.13. The Labute approximate surface area is 105 Å². The van der Waals surface area contributed by atoms with Gasteiger partial charge in [-0.3, -0.25) is 4.98 Å². The Morgan fingerprint density at radius 2 is 2.24 bits per heavy atom. The van der Waals surface area contributed by atoms with Crippen LogP contribution in [-0.4, -0.2) is 26.8 Å². The highest BCUT2D eigenvalue weighted by molar-refractivity contribution is 7.99. The van der Waals surface area contributed by atoms with E-state index < -0.39 is 0 Å². The molecule has 0 spiro atoms. The molecule has 0 aliphatic carbocycles. The first-order chi connectivity index (χ1) is 8.20. The molecule has 2 heterocycles. The molecule has 6 heteroatoms. The van der Waals surface area contributed by atoms with Crippen molar-refractivity contribution in [3.8, 4) is 0 Å². The van der Waals surface area contributed by atoms with E-state index in [-0.39, 0.29) is 6.04 Å². The second kappa shape index (κ2) is 5.29. The maximum absolute atomic E-state index is 4.42. The standard InChI is InChI=1S/C11H15N5S/c1-8(12-2)10-5-4-9(6-13-10)17-11-15-14-7-16(11)3/h4-8,12H,1-3H3. The van der Waals surface area contributed by atoms with Gasteiger partial charge in [0.25, 0.3) is 0 Å². The number of hydrogen-bond donors (Lipinski definition) is 1. The summed E-state index contributed by atoms with van der Waals surface area (Å²) in [6.07, 6.45) is 3.55. The third-order valence-corrected chi connectivity index (χ3v) is 3.54. The molecule has 1 atom stereocenters. The molecule has 5 nitrogen and oxygen atoms in total. The summed E-state index contributed by atoms with van der Waals surface area (Å²) in [4.78, 5) is 5.48. The van der Waals surface area contributed by atoms with E-state index in [9.17, 15) is 0 Å². The van der Waals surface area contributed by atoms with Crippen LogP contribution in [0.4, 0.5) is 0 Å². The van der Waals surface area contributed by atoms with E-state index in [0.29, 0.717) is 0 Å². The maximum atomic E-state index is 4.42. The summed E-state index contributed by atoms with van der Waals surface area (Å²) < 4.78 is 1.88. The number of aromatic nitrogens is 4. The highest BCUT2D eigenvalue weighted by Crippen LogP contribution is 2.25. The number of aryl methyl sites for hydroxylation is 1. The molecule has 0 saturated carbocycles. The molecule has 0 amide bonds. The Morgan fingerprint density at radius 3 is 2.76 bits per heavy atom. The average molecular weight is 249 g/mol. The first-order valence-corrected chi connectivity index (χ1v) is 6.17. The molecule has 2 rings (SSSR count). The van der Waals surface area contributed by atoms with Gasteiger partial charge in [0.1, 0.15) is 6.33 Å². The summed E-state index contributed by atoms with van der Waals surface area (Å²) in [5, 5.41) is 11.9. The lowest BCUT2D eigenvalue weighted by molar-refractivity contribution is 0.631. The predicted octanol–water partition coefficient (Wildman–Crippen LogP) is 1.64. The number of hydrogen-bond acceptors (Lipinski definition) is 5. The second-order valence-corrected chi connectivity index (χ2v) is 4.80. The van der Waals surface area contributed by atoms with Crippen molar-refractivity contribution < 1.29 is 0 Å². The van der Waals surface area contributed by atoms with Crippen LogP contribution in [0.15, 0.2) is 34.7 Å². The van der Waals surface area contributed by atoms with Crippen molar-refractivity contribution in [3.63, 3.8) is 0 Å². The van der Waals surface area contributed by atoms with Gasteiger partial charge in [0.15, 0.2) is 5.16 Å². The smallest absolute Gasteiger partial charge is 0.195 e. The van der Waals surface area contributed by atoms with E-state index in [4.69, 9.17) is 0 Å². The molecule has 0 fully saturated rings. The Hall–Kier alpha value is -1.40. The summed E-state index contributed by atoms with van der Waals surface area (Å²) in [6.45, 7) is 2.08. The van der Waals surface area contributed by atoms with E-state index in [1.54, 1.807) is 18.1 Å². The molecule has 1 unspecified atom stereocenters. The molecule has 0 aliphatic rings. The van der Waals surface area contributed by atoms with Gasteiger partial charge in [0.05, 0.1) is 5.69 Å². The highest BCUT2D eigenvalue weighted by Gasteiger charge is 2.06. The fraction of sp³-hybridized carbons (Fsp3) is 0.364. The van der Waals surface area contributed by atoms with E-state index in [2.05, 4.69) is 33.5 Å². The van der Waals surface area contributed by atoms with Crippen molar-refractivity contribution >= 4 is 11.8 Å². The number of pyridine rings is 1. The average Bonchev–Trinajstić information content (AvgIpc) is 2.75. The largest absolute Gasteiger partial charge is 0.312 e. The maximum Gasteiger partial charge on any atom is 0.195 e. The van der Waals surface area contributed by atoms with Gasteiger partial charge >= 0.3 is 0 Å². The summed E-state index contributed by atoms with van der Waals surface area (Å²) in [5.74, 6) is 0. The van der Waals surface area contributed by atoms with Crippen molar-refractivity contribution in [1.29, 1.82) is 0 Å². The lowest BCUT2D eigenvalue weighted by Gasteiger charge is -2.09. The normalized spacial score (nSPS) is 12.6. The third kappa shape index (κ3) is 2.83. The molecule has 0 saturated heterocycles. The van der Waals surface area contributed by atoms with Crippen molar-refractivity contribution in [2.75, 3.05) is 7.05 Å².